The van der Waals surface area contributed by atoms with Crippen LogP contribution in [0.25, 0.3) is 0 Å². The van der Waals surface area contributed by atoms with Gasteiger partial charge in [0.1, 0.15) is 0 Å². The number of aliphatic imine (C=N–C) groups is 1. The first-order chi connectivity index (χ1) is 3.91. The maximum atomic E-state index is 9.52. The molecule has 3 heteroatoms. The van der Waals surface area contributed by atoms with Gasteiger partial charge in [0.25, 0.3) is 0 Å². The molecular weight excluding hydrogens is 274 g/mol. The summed E-state index contributed by atoms with van der Waals surface area (Å²) in [5.41, 5.74) is 0. The molecule has 0 amide bonds. The minimum atomic E-state index is 0.521. The summed E-state index contributed by atoms with van der Waals surface area (Å²) < 4.78 is 1.90. The molecule has 0 rings (SSSR count). The van der Waals surface area contributed by atoms with E-state index in [1.165, 1.54) is 25.6 Å². The molecule has 0 saturated heterocycles. The number of hydrogen-bond acceptors (Lipinski definition) is 2. The number of carbonyl (C=O) groups excluding carboxylic acids is 1. The van der Waals surface area contributed by atoms with Crippen LogP contribution in [0, 0.1) is 0 Å². The van der Waals surface area contributed by atoms with Crippen molar-refractivity contribution >= 4 is 16.9 Å². The first-order valence-corrected chi connectivity index (χ1v) is 3.60. The second-order valence-electron chi connectivity index (χ2n) is 0.854. The molecule has 0 aliphatic carbocycles. The summed E-state index contributed by atoms with van der Waals surface area (Å²) in [6.45, 7) is 0. The van der Waals surface area contributed by atoms with Gasteiger partial charge in [-0.15, -0.1) is 0 Å². The van der Waals surface area contributed by atoms with Crippen molar-refractivity contribution in [3.05, 3.63) is 12.3 Å². The van der Waals surface area contributed by atoms with Crippen LogP contribution >= 0.6 is 0 Å². The molecule has 2 nitrogen and oxygen atoms in total. The average Bonchev–Trinajstić information content (AvgIpc) is 1.81. The van der Waals surface area contributed by atoms with Crippen molar-refractivity contribution in [1.82, 2.24) is 0 Å². The predicted octanol–water partition coefficient (Wildman–Crippen LogP) is -0.00420. The topological polar surface area (TPSA) is 29.4 Å². The van der Waals surface area contributed by atoms with Crippen molar-refractivity contribution in [2.24, 2.45) is 4.99 Å². The van der Waals surface area contributed by atoms with E-state index in [0.717, 1.165) is 0 Å². The second kappa shape index (κ2) is 6.64. The van der Waals surface area contributed by atoms with Crippen molar-refractivity contribution in [3.8, 4) is 0 Å². The van der Waals surface area contributed by atoms with E-state index in [4.69, 9.17) is 0 Å². The zero-order valence-corrected chi connectivity index (χ0v) is 7.01. The predicted molar refractivity (Wildman–Crippen MR) is 28.7 cm³/mol. The number of allylic oxidation sites excluding steroid dienone is 1. The Kier molecular flexibility index (Phi) is 6.34. The van der Waals surface area contributed by atoms with Crippen LogP contribution in [0.3, 0.4) is 0 Å². The van der Waals surface area contributed by atoms with Crippen LogP contribution in [0.2, 0.25) is 0 Å². The summed E-state index contributed by atoms with van der Waals surface area (Å²) in [5, 5.41) is 0. The van der Waals surface area contributed by atoms with E-state index < -0.39 is 0 Å². The summed E-state index contributed by atoms with van der Waals surface area (Å²) in [6, 6.07) is 0. The molecule has 0 bridgehead atoms. The molecule has 0 aromatic carbocycles. The van der Waals surface area contributed by atoms with E-state index in [0.29, 0.717) is 6.29 Å². The van der Waals surface area contributed by atoms with Crippen molar-refractivity contribution in [1.29, 1.82) is 0 Å². The Labute approximate surface area is 58.7 Å². The van der Waals surface area contributed by atoms with E-state index in [-0.39, 0.29) is 0 Å². The first kappa shape index (κ1) is 7.64. The van der Waals surface area contributed by atoms with Gasteiger partial charge in [0, 0.05) is 0 Å². The Morgan fingerprint density at radius 2 is 2.38 bits per heavy atom. The molecule has 0 aliphatic heterocycles. The number of rotatable bonds is 3. The molecule has 0 aromatic heterocycles. The maximum absolute atomic E-state index is 9.52. The Bertz CT molecular complexity index is 112. The van der Waals surface area contributed by atoms with Crippen LogP contribution in [0.1, 0.15) is 0 Å². The Balaban J connectivity index is 3.41. The monoisotopic (exact) mass is 278 g/mol. The molecule has 0 unspecified atom stereocenters. The summed E-state index contributed by atoms with van der Waals surface area (Å²) in [7, 11) is 0. The number of hydrogen-bond donors (Lipinski definition) is 0. The SMILES string of the molecule is O=C[C-]=N/C=C\[CH]=[W]. The fourth-order valence-corrected chi connectivity index (χ4v) is 0.404. The third-order valence-corrected chi connectivity index (χ3v) is 0.931. The molecule has 0 N–H and O–H groups in total. The van der Waals surface area contributed by atoms with Crippen molar-refractivity contribution in [3.63, 3.8) is 0 Å². The van der Waals surface area contributed by atoms with E-state index in [2.05, 4.69) is 11.2 Å². The molecule has 0 fully saturated rings. The summed E-state index contributed by atoms with van der Waals surface area (Å²) in [5.74, 6) is 0. The van der Waals surface area contributed by atoms with Gasteiger partial charge in [-0.25, -0.2) is 0 Å². The summed E-state index contributed by atoms with van der Waals surface area (Å²) in [6.07, 6.45) is 5.92. The van der Waals surface area contributed by atoms with Crippen molar-refractivity contribution in [2.45, 2.75) is 0 Å². The molecule has 0 spiro atoms. The fourth-order valence-electron chi connectivity index (χ4n) is 0.152. The third kappa shape index (κ3) is 5.64. The minimum absolute atomic E-state index is 0.521. The van der Waals surface area contributed by atoms with Crippen LogP contribution in [-0.2, 0) is 24.1 Å². The van der Waals surface area contributed by atoms with Gasteiger partial charge < -0.3 is 0 Å². The van der Waals surface area contributed by atoms with Gasteiger partial charge in [-0.2, -0.15) is 0 Å². The standard InChI is InChI=1S/C5H4NO.W/c1-2-3-6-4-5-7;/h1-3,5H;/q-1;/b3-2-;. The summed E-state index contributed by atoms with van der Waals surface area (Å²) >= 11 is 1.36. The van der Waals surface area contributed by atoms with E-state index in [1.54, 1.807) is 6.08 Å². The number of aldehydes is 1. The molecule has 42 valence electrons. The zero-order valence-electron chi connectivity index (χ0n) is 4.07. The van der Waals surface area contributed by atoms with Crippen LogP contribution in [0.5, 0.6) is 0 Å². The molecule has 0 heterocycles. The Morgan fingerprint density at radius 3 is 2.88 bits per heavy atom. The van der Waals surface area contributed by atoms with Gasteiger partial charge in [-0.05, 0) is 0 Å². The number of carbonyl (C=O) groups is 1. The van der Waals surface area contributed by atoms with Gasteiger partial charge >= 0.3 is 58.3 Å². The Hall–Kier alpha value is -0.362. The van der Waals surface area contributed by atoms with Gasteiger partial charge in [0.15, 0.2) is 0 Å². The normalized spacial score (nSPS) is 10.5. The molecule has 0 saturated carbocycles. The molecular formula is C5H4NOW-. The number of nitrogens with zero attached hydrogens (tertiary/aromatic N) is 1. The van der Waals surface area contributed by atoms with Gasteiger partial charge in [0.05, 0.1) is 0 Å². The van der Waals surface area contributed by atoms with Gasteiger partial charge in [-0.1, -0.05) is 0 Å². The third-order valence-electron chi connectivity index (χ3n) is 0.366. The molecule has 0 radical (unpaired) electrons. The van der Waals surface area contributed by atoms with E-state index >= 15 is 0 Å². The van der Waals surface area contributed by atoms with Gasteiger partial charge in [0.2, 0.25) is 0 Å². The van der Waals surface area contributed by atoms with E-state index in [9.17, 15) is 4.79 Å². The van der Waals surface area contributed by atoms with Crippen LogP contribution in [0.15, 0.2) is 17.3 Å². The van der Waals surface area contributed by atoms with E-state index in [1.807, 2.05) is 4.40 Å². The van der Waals surface area contributed by atoms with Crippen molar-refractivity contribution in [2.75, 3.05) is 0 Å². The molecule has 0 aromatic rings. The fraction of sp³-hybridized carbons (Fsp3) is 0. The van der Waals surface area contributed by atoms with Crippen LogP contribution in [0.4, 0.5) is 0 Å². The average molecular weight is 278 g/mol. The molecule has 0 aliphatic rings. The quantitative estimate of drug-likeness (QED) is 0.406. The van der Waals surface area contributed by atoms with Gasteiger partial charge in [-0.3, -0.25) is 0 Å². The van der Waals surface area contributed by atoms with Crippen molar-refractivity contribution < 1.29 is 24.1 Å². The van der Waals surface area contributed by atoms with Crippen LogP contribution < -0.4 is 0 Å². The zero-order chi connectivity index (χ0) is 6.24. The second-order valence-corrected chi connectivity index (χ2v) is 1.83. The summed E-state index contributed by atoms with van der Waals surface area (Å²) in [4.78, 5) is 13.0. The first-order valence-electron chi connectivity index (χ1n) is 1.91. The molecule has 0 atom stereocenters. The Morgan fingerprint density at radius 1 is 1.62 bits per heavy atom. The van der Waals surface area contributed by atoms with Crippen LogP contribution in [-0.4, -0.2) is 16.9 Å². The molecule has 8 heavy (non-hydrogen) atoms.